The van der Waals surface area contributed by atoms with Gasteiger partial charge in [0.2, 0.25) is 0 Å². The largest absolute Gasteiger partial charge is 0.443 e. The monoisotopic (exact) mass is 386 g/mol. The summed E-state index contributed by atoms with van der Waals surface area (Å²) in [5.41, 5.74) is 7.03. The van der Waals surface area contributed by atoms with Crippen LogP contribution in [0.3, 0.4) is 0 Å². The molecular formula is C22H30N2O4. The first-order chi connectivity index (χ1) is 13.4. The van der Waals surface area contributed by atoms with E-state index in [1.54, 1.807) is 0 Å². The number of hydrogen-bond donors (Lipinski definition) is 2. The zero-order valence-corrected chi connectivity index (χ0v) is 16.8. The molecule has 0 aliphatic rings. The Bertz CT molecular complexity index is 687. The van der Waals surface area contributed by atoms with Crippen molar-refractivity contribution in [2.75, 3.05) is 6.61 Å². The fourth-order valence-electron chi connectivity index (χ4n) is 2.37. The number of ether oxygens (including phenoxy) is 3. The van der Waals surface area contributed by atoms with Crippen molar-refractivity contribution in [3.63, 3.8) is 0 Å². The van der Waals surface area contributed by atoms with Crippen LogP contribution >= 0.6 is 0 Å². The van der Waals surface area contributed by atoms with Gasteiger partial charge in [0.1, 0.15) is 11.8 Å². The molecule has 0 saturated heterocycles. The van der Waals surface area contributed by atoms with E-state index in [2.05, 4.69) is 10.9 Å². The van der Waals surface area contributed by atoms with E-state index in [0.29, 0.717) is 26.2 Å². The predicted molar refractivity (Wildman–Crippen MR) is 108 cm³/mol. The molecule has 0 aliphatic carbocycles. The number of hydrazine groups is 1. The molecule has 1 unspecified atom stereocenters. The van der Waals surface area contributed by atoms with Crippen LogP contribution in [-0.4, -0.2) is 24.5 Å². The Hall–Kier alpha value is -2.41. The lowest BCUT2D eigenvalue weighted by Gasteiger charge is -2.23. The van der Waals surface area contributed by atoms with E-state index in [1.807, 2.05) is 81.4 Å². The zero-order valence-electron chi connectivity index (χ0n) is 16.8. The van der Waals surface area contributed by atoms with Crippen LogP contribution in [0, 0.1) is 0 Å². The molecule has 0 aromatic heterocycles. The molecule has 2 N–H and O–H groups in total. The van der Waals surface area contributed by atoms with Gasteiger partial charge in [-0.05, 0) is 31.9 Å². The van der Waals surface area contributed by atoms with Crippen LogP contribution in [0.15, 0.2) is 60.7 Å². The molecular weight excluding hydrogens is 356 g/mol. The molecule has 0 radical (unpaired) electrons. The van der Waals surface area contributed by atoms with Crippen molar-refractivity contribution in [3.8, 4) is 0 Å². The molecule has 152 valence electrons. The van der Waals surface area contributed by atoms with Crippen molar-refractivity contribution in [1.29, 1.82) is 0 Å². The predicted octanol–water partition coefficient (Wildman–Crippen LogP) is 4.17. The number of carbonyl (C=O) groups excluding carboxylic acids is 1. The third-order valence-corrected chi connectivity index (χ3v) is 3.66. The lowest BCUT2D eigenvalue weighted by molar-refractivity contribution is -0.0220. The number of hydrogen-bond acceptors (Lipinski definition) is 5. The van der Waals surface area contributed by atoms with E-state index in [4.69, 9.17) is 14.2 Å². The van der Waals surface area contributed by atoms with Crippen molar-refractivity contribution in [1.82, 2.24) is 10.9 Å². The first-order valence-corrected chi connectivity index (χ1v) is 9.44. The van der Waals surface area contributed by atoms with E-state index in [-0.39, 0.29) is 0 Å². The van der Waals surface area contributed by atoms with Gasteiger partial charge >= 0.3 is 6.09 Å². The van der Waals surface area contributed by atoms with Crippen LogP contribution in [0.4, 0.5) is 4.79 Å². The van der Waals surface area contributed by atoms with E-state index in [9.17, 15) is 4.79 Å². The van der Waals surface area contributed by atoms with Gasteiger partial charge in [-0.15, -0.1) is 0 Å². The molecule has 0 heterocycles. The van der Waals surface area contributed by atoms with Gasteiger partial charge in [-0.3, -0.25) is 5.43 Å². The van der Waals surface area contributed by atoms with Crippen molar-refractivity contribution in [2.24, 2.45) is 0 Å². The van der Waals surface area contributed by atoms with Crippen molar-refractivity contribution >= 4 is 6.09 Å². The molecule has 6 heteroatoms. The fraction of sp³-hybridized carbons (Fsp3) is 0.409. The second-order valence-electron chi connectivity index (χ2n) is 7.38. The smallest absolute Gasteiger partial charge is 0.422 e. The second-order valence-corrected chi connectivity index (χ2v) is 7.38. The van der Waals surface area contributed by atoms with Crippen molar-refractivity contribution < 1.29 is 19.0 Å². The van der Waals surface area contributed by atoms with Gasteiger partial charge in [0.05, 0.1) is 19.8 Å². The van der Waals surface area contributed by atoms with Gasteiger partial charge in [-0.1, -0.05) is 60.7 Å². The van der Waals surface area contributed by atoms with Crippen LogP contribution in [0.25, 0.3) is 0 Å². The van der Waals surface area contributed by atoms with Gasteiger partial charge in [0, 0.05) is 6.42 Å². The van der Waals surface area contributed by atoms with Crippen LogP contribution < -0.4 is 10.9 Å². The minimum atomic E-state index is -0.565. The number of nitrogens with one attached hydrogen (secondary N) is 2. The Morgan fingerprint density at radius 3 is 2.07 bits per heavy atom. The van der Waals surface area contributed by atoms with E-state index in [1.165, 1.54) is 0 Å². The van der Waals surface area contributed by atoms with E-state index in [0.717, 1.165) is 11.1 Å². The highest BCUT2D eigenvalue weighted by molar-refractivity contribution is 5.66. The van der Waals surface area contributed by atoms with Crippen LogP contribution in [-0.2, 0) is 27.4 Å². The number of carbonyl (C=O) groups is 1. The summed E-state index contributed by atoms with van der Waals surface area (Å²) in [5, 5.41) is 0. The number of rotatable bonds is 10. The Balaban J connectivity index is 1.79. The summed E-state index contributed by atoms with van der Waals surface area (Å²) in [4.78, 5) is 11.9. The Labute approximate surface area is 167 Å². The highest BCUT2D eigenvalue weighted by Gasteiger charge is 2.17. The standard InChI is InChI=1S/C22H30N2O4/c1-22(2,3)28-21(25)24-23-20(27-17-19-12-8-5-9-13-19)14-15-26-16-18-10-6-4-7-11-18/h4-13,20,23H,14-17H2,1-3H3,(H,24,25). The Morgan fingerprint density at radius 1 is 0.929 bits per heavy atom. The molecule has 0 aliphatic heterocycles. The third kappa shape index (κ3) is 9.50. The quantitative estimate of drug-likeness (QED) is 0.364. The first-order valence-electron chi connectivity index (χ1n) is 9.44. The summed E-state index contributed by atoms with van der Waals surface area (Å²) in [6.07, 6.45) is -0.398. The summed E-state index contributed by atoms with van der Waals surface area (Å²) >= 11 is 0. The van der Waals surface area contributed by atoms with E-state index >= 15 is 0 Å². The van der Waals surface area contributed by atoms with Crippen molar-refractivity contribution in [3.05, 3.63) is 71.8 Å². The minimum Gasteiger partial charge on any atom is -0.443 e. The Morgan fingerprint density at radius 2 is 1.50 bits per heavy atom. The summed E-state index contributed by atoms with van der Waals surface area (Å²) in [6.45, 7) is 6.88. The highest BCUT2D eigenvalue weighted by atomic mass is 16.6. The summed E-state index contributed by atoms with van der Waals surface area (Å²) in [5.74, 6) is 0. The van der Waals surface area contributed by atoms with Gasteiger partial charge < -0.3 is 14.2 Å². The maximum atomic E-state index is 11.9. The molecule has 1 atom stereocenters. The summed E-state index contributed by atoms with van der Waals surface area (Å²) < 4.78 is 16.9. The van der Waals surface area contributed by atoms with Crippen molar-refractivity contribution in [2.45, 2.75) is 52.2 Å². The second kappa shape index (κ2) is 11.4. The maximum Gasteiger partial charge on any atom is 0.422 e. The number of benzene rings is 2. The highest BCUT2D eigenvalue weighted by Crippen LogP contribution is 2.08. The minimum absolute atomic E-state index is 0.413. The molecule has 1 amide bonds. The van der Waals surface area contributed by atoms with Gasteiger partial charge in [0.15, 0.2) is 0 Å². The lowest BCUT2D eigenvalue weighted by Crippen LogP contribution is -2.47. The SMILES string of the molecule is CC(C)(C)OC(=O)NNC(CCOCc1ccccc1)OCc1ccccc1. The lowest BCUT2D eigenvalue weighted by atomic mass is 10.2. The average molecular weight is 386 g/mol. The fourth-order valence-corrected chi connectivity index (χ4v) is 2.37. The molecule has 2 rings (SSSR count). The van der Waals surface area contributed by atoms with Gasteiger partial charge in [-0.2, -0.15) is 0 Å². The number of amides is 1. The summed E-state index contributed by atoms with van der Waals surface area (Å²) in [7, 11) is 0. The van der Waals surface area contributed by atoms with Crippen LogP contribution in [0.2, 0.25) is 0 Å². The molecule has 28 heavy (non-hydrogen) atoms. The normalized spacial score (nSPS) is 12.4. The molecule has 0 spiro atoms. The molecule has 6 nitrogen and oxygen atoms in total. The Kier molecular flexibility index (Phi) is 8.94. The van der Waals surface area contributed by atoms with Crippen LogP contribution in [0.5, 0.6) is 0 Å². The van der Waals surface area contributed by atoms with Gasteiger partial charge in [0.25, 0.3) is 0 Å². The molecule has 0 bridgehead atoms. The van der Waals surface area contributed by atoms with Crippen LogP contribution in [0.1, 0.15) is 38.3 Å². The third-order valence-electron chi connectivity index (χ3n) is 3.66. The molecule has 0 saturated carbocycles. The molecule has 2 aromatic carbocycles. The average Bonchev–Trinajstić information content (AvgIpc) is 2.67. The maximum absolute atomic E-state index is 11.9. The molecule has 2 aromatic rings. The zero-order chi connectivity index (χ0) is 20.2. The van der Waals surface area contributed by atoms with Gasteiger partial charge in [-0.25, -0.2) is 10.2 Å². The topological polar surface area (TPSA) is 68.8 Å². The van der Waals surface area contributed by atoms with E-state index < -0.39 is 17.9 Å². The molecule has 0 fully saturated rings. The summed E-state index contributed by atoms with van der Waals surface area (Å²) in [6, 6.07) is 19.8. The first kappa shape index (κ1) is 21.9.